The molecule has 2 rings (SSSR count). The van der Waals surface area contributed by atoms with Crippen molar-refractivity contribution in [1.29, 1.82) is 0 Å². The van der Waals surface area contributed by atoms with Crippen LogP contribution >= 0.6 is 11.3 Å². The second-order valence-electron chi connectivity index (χ2n) is 6.89. The summed E-state index contributed by atoms with van der Waals surface area (Å²) in [5.41, 5.74) is 1.37. The van der Waals surface area contributed by atoms with Gasteiger partial charge in [-0.25, -0.2) is 4.98 Å². The van der Waals surface area contributed by atoms with Crippen LogP contribution in [-0.4, -0.2) is 37.2 Å². The van der Waals surface area contributed by atoms with E-state index in [0.29, 0.717) is 41.5 Å². The number of nitrogens with zero attached hydrogens (tertiary/aromatic N) is 1. The molecule has 0 radical (unpaired) electrons. The number of methoxy groups -OCH3 is 1. The smallest absolute Gasteiger partial charge is 0.311 e. The van der Waals surface area contributed by atoms with Gasteiger partial charge in [-0.2, -0.15) is 0 Å². The van der Waals surface area contributed by atoms with E-state index in [2.05, 4.69) is 24.1 Å². The molecule has 30 heavy (non-hydrogen) atoms. The molecule has 0 bridgehead atoms. The Bertz CT molecular complexity index is 876. The number of aromatic nitrogens is 1. The minimum Gasteiger partial charge on any atom is -0.493 e. The van der Waals surface area contributed by atoms with Gasteiger partial charge in [0.25, 0.3) is 0 Å². The minimum absolute atomic E-state index is 0.0848. The third-order valence-electron chi connectivity index (χ3n) is 3.98. The van der Waals surface area contributed by atoms with Crippen LogP contribution in [0, 0.1) is 5.92 Å². The largest absolute Gasteiger partial charge is 0.493 e. The molecular formula is C22H28N2O5S. The number of esters is 1. The Balaban J connectivity index is 1.92. The lowest BCUT2D eigenvalue weighted by molar-refractivity contribution is -0.142. The molecule has 2 aromatic rings. The number of nitrogens with one attached hydrogen (secondary N) is 1. The highest BCUT2D eigenvalue weighted by Crippen LogP contribution is 2.29. The first-order valence-electron chi connectivity index (χ1n) is 9.81. The normalized spacial score (nSPS) is 11.0. The van der Waals surface area contributed by atoms with Gasteiger partial charge in [-0.1, -0.05) is 19.9 Å². The number of benzene rings is 1. The number of amides is 1. The predicted molar refractivity (Wildman–Crippen MR) is 118 cm³/mol. The van der Waals surface area contributed by atoms with Crippen LogP contribution in [-0.2, 0) is 20.7 Å². The summed E-state index contributed by atoms with van der Waals surface area (Å²) in [6.45, 7) is 6.99. The Morgan fingerprint density at radius 3 is 2.77 bits per heavy atom. The molecule has 0 fully saturated rings. The molecule has 1 heterocycles. The van der Waals surface area contributed by atoms with Crippen LogP contribution in [0.5, 0.6) is 11.5 Å². The van der Waals surface area contributed by atoms with Crippen molar-refractivity contribution in [3.8, 4) is 11.5 Å². The molecule has 1 aromatic heterocycles. The summed E-state index contributed by atoms with van der Waals surface area (Å²) < 4.78 is 16.1. The number of carbonyl (C=O) groups is 2. The lowest BCUT2D eigenvalue weighted by Gasteiger charge is -2.12. The molecule has 0 unspecified atom stereocenters. The maximum absolute atomic E-state index is 12.2. The van der Waals surface area contributed by atoms with E-state index in [4.69, 9.17) is 14.2 Å². The highest BCUT2D eigenvalue weighted by Gasteiger charge is 2.10. The molecule has 8 heteroatoms. The lowest BCUT2D eigenvalue weighted by atomic mass is 10.1. The third-order valence-corrected chi connectivity index (χ3v) is 4.79. The van der Waals surface area contributed by atoms with Crippen LogP contribution < -0.4 is 14.8 Å². The van der Waals surface area contributed by atoms with Gasteiger partial charge in [0, 0.05) is 11.5 Å². The highest BCUT2D eigenvalue weighted by molar-refractivity contribution is 7.14. The van der Waals surface area contributed by atoms with Crippen LogP contribution in [0.25, 0.3) is 6.08 Å². The Kier molecular flexibility index (Phi) is 9.34. The maximum Gasteiger partial charge on any atom is 0.311 e. The summed E-state index contributed by atoms with van der Waals surface area (Å²) in [4.78, 5) is 27.9. The highest BCUT2D eigenvalue weighted by atomic mass is 32.1. The van der Waals surface area contributed by atoms with Gasteiger partial charge in [-0.15, -0.1) is 11.3 Å². The van der Waals surface area contributed by atoms with E-state index in [0.717, 1.165) is 12.0 Å². The summed E-state index contributed by atoms with van der Waals surface area (Å²) >= 11 is 1.26. The number of ether oxygens (including phenoxy) is 3. The van der Waals surface area contributed by atoms with Crippen molar-refractivity contribution < 1.29 is 23.8 Å². The molecule has 0 saturated heterocycles. The number of hydrogen-bond donors (Lipinski definition) is 1. The Morgan fingerprint density at radius 2 is 2.07 bits per heavy atom. The zero-order valence-electron chi connectivity index (χ0n) is 17.8. The molecule has 1 aromatic carbocycles. The molecule has 162 valence electrons. The van der Waals surface area contributed by atoms with Gasteiger partial charge in [-0.3, -0.25) is 14.9 Å². The average molecular weight is 433 g/mol. The van der Waals surface area contributed by atoms with Gasteiger partial charge >= 0.3 is 5.97 Å². The second kappa shape index (κ2) is 12.0. The van der Waals surface area contributed by atoms with Crippen molar-refractivity contribution >= 4 is 34.4 Å². The first kappa shape index (κ1) is 23.4. The monoisotopic (exact) mass is 432 g/mol. The van der Waals surface area contributed by atoms with E-state index in [1.165, 1.54) is 17.4 Å². The van der Waals surface area contributed by atoms with E-state index in [1.54, 1.807) is 25.5 Å². The summed E-state index contributed by atoms with van der Waals surface area (Å²) in [5, 5.41) is 4.84. The molecular weight excluding hydrogens is 404 g/mol. The van der Waals surface area contributed by atoms with Gasteiger partial charge in [0.1, 0.15) is 0 Å². The Hall–Kier alpha value is -2.87. The fraction of sp³-hybridized carbons (Fsp3) is 0.409. The fourth-order valence-electron chi connectivity index (χ4n) is 2.44. The van der Waals surface area contributed by atoms with Crippen LogP contribution in [0.15, 0.2) is 29.7 Å². The average Bonchev–Trinajstić information content (AvgIpc) is 3.13. The van der Waals surface area contributed by atoms with Crippen molar-refractivity contribution in [2.75, 3.05) is 25.6 Å². The fourth-order valence-corrected chi connectivity index (χ4v) is 3.15. The van der Waals surface area contributed by atoms with Gasteiger partial charge in [-0.05, 0) is 43.0 Å². The molecule has 0 atom stereocenters. The summed E-state index contributed by atoms with van der Waals surface area (Å²) in [6, 6.07) is 5.51. The molecule has 0 saturated carbocycles. The van der Waals surface area contributed by atoms with E-state index in [9.17, 15) is 9.59 Å². The van der Waals surface area contributed by atoms with Crippen molar-refractivity contribution in [3.05, 3.63) is 40.9 Å². The van der Waals surface area contributed by atoms with Gasteiger partial charge in [0.15, 0.2) is 16.6 Å². The van der Waals surface area contributed by atoms with E-state index in [1.807, 2.05) is 18.2 Å². The minimum atomic E-state index is -0.342. The van der Waals surface area contributed by atoms with Crippen LogP contribution in [0.1, 0.15) is 38.4 Å². The van der Waals surface area contributed by atoms with Crippen molar-refractivity contribution in [2.24, 2.45) is 5.92 Å². The predicted octanol–water partition coefficient (Wildman–Crippen LogP) is 4.33. The number of rotatable bonds is 11. The number of hydrogen-bond acceptors (Lipinski definition) is 7. The molecule has 0 aliphatic rings. The maximum atomic E-state index is 12.2. The second-order valence-corrected chi connectivity index (χ2v) is 7.75. The zero-order chi connectivity index (χ0) is 21.9. The SMILES string of the molecule is CCOC(=O)Cc1csc(NC(=O)/C=C/c2ccc(OCCC(C)C)c(OC)c2)n1. The third kappa shape index (κ3) is 7.87. The molecule has 1 amide bonds. The quantitative estimate of drug-likeness (QED) is 0.420. The number of carbonyl (C=O) groups excluding carboxylic acids is 2. The summed E-state index contributed by atoms with van der Waals surface area (Å²) in [6.07, 6.45) is 4.15. The van der Waals surface area contributed by atoms with Crippen LogP contribution in [0.4, 0.5) is 5.13 Å². The number of anilines is 1. The topological polar surface area (TPSA) is 86.8 Å². The first-order chi connectivity index (χ1) is 14.4. The molecule has 1 N–H and O–H groups in total. The van der Waals surface area contributed by atoms with Gasteiger partial charge in [0.05, 0.1) is 32.4 Å². The molecule has 0 aliphatic heterocycles. The van der Waals surface area contributed by atoms with E-state index < -0.39 is 0 Å². The van der Waals surface area contributed by atoms with E-state index in [-0.39, 0.29) is 18.3 Å². The van der Waals surface area contributed by atoms with Crippen molar-refractivity contribution in [1.82, 2.24) is 4.98 Å². The van der Waals surface area contributed by atoms with Gasteiger partial charge < -0.3 is 14.2 Å². The lowest BCUT2D eigenvalue weighted by Crippen LogP contribution is -2.09. The summed E-state index contributed by atoms with van der Waals surface area (Å²) in [7, 11) is 1.58. The summed E-state index contributed by atoms with van der Waals surface area (Å²) in [5.74, 6) is 1.20. The van der Waals surface area contributed by atoms with Crippen LogP contribution in [0.2, 0.25) is 0 Å². The zero-order valence-corrected chi connectivity index (χ0v) is 18.6. The van der Waals surface area contributed by atoms with E-state index >= 15 is 0 Å². The number of thiazole rings is 1. The molecule has 0 aliphatic carbocycles. The Morgan fingerprint density at radius 1 is 1.27 bits per heavy atom. The van der Waals surface area contributed by atoms with Gasteiger partial charge in [0.2, 0.25) is 5.91 Å². The van der Waals surface area contributed by atoms with Crippen molar-refractivity contribution in [3.63, 3.8) is 0 Å². The van der Waals surface area contributed by atoms with Crippen LogP contribution in [0.3, 0.4) is 0 Å². The standard InChI is InChI=1S/C22H28N2O5S/c1-5-28-21(26)13-17-14-30-22(23-17)24-20(25)9-7-16-6-8-18(19(12-16)27-4)29-11-10-15(2)3/h6-9,12,14-15H,5,10-11,13H2,1-4H3,(H,23,24,25)/b9-7+. The molecule has 0 spiro atoms. The first-order valence-corrected chi connectivity index (χ1v) is 10.7. The Labute approximate surface area is 181 Å². The van der Waals surface area contributed by atoms with Crippen molar-refractivity contribution in [2.45, 2.75) is 33.6 Å². The molecule has 7 nitrogen and oxygen atoms in total.